The lowest BCUT2D eigenvalue weighted by Gasteiger charge is -2.23. The number of nitrogens with two attached hydrogens (primary N) is 1. The van der Waals surface area contributed by atoms with E-state index >= 15 is 0 Å². The van der Waals surface area contributed by atoms with Crippen LogP contribution in [-0.2, 0) is 0 Å². The van der Waals surface area contributed by atoms with Crippen molar-refractivity contribution in [3.05, 3.63) is 47.8 Å². The Morgan fingerprint density at radius 2 is 2.33 bits per heavy atom. The molecule has 1 atom stereocenters. The third-order valence-corrected chi connectivity index (χ3v) is 2.89. The van der Waals surface area contributed by atoms with Gasteiger partial charge in [-0.25, -0.2) is 9.18 Å². The van der Waals surface area contributed by atoms with Gasteiger partial charge in [0.2, 0.25) is 0 Å². The molecule has 94 valence electrons. The van der Waals surface area contributed by atoms with Crippen LogP contribution in [0.15, 0.2) is 35.8 Å². The molecule has 0 fully saturated rings. The highest BCUT2D eigenvalue weighted by atomic mass is 19.1. The predicted octanol–water partition coefficient (Wildman–Crippen LogP) is 2.15. The molecular weight excluding hydrogens is 233 g/mol. The highest BCUT2D eigenvalue weighted by molar-refractivity contribution is 6.03. The summed E-state index contributed by atoms with van der Waals surface area (Å²) in [5, 5.41) is 0. The average Bonchev–Trinajstić information content (AvgIpc) is 2.59. The summed E-state index contributed by atoms with van der Waals surface area (Å²) in [6, 6.07) is 3.84. The smallest absolute Gasteiger partial charge is 0.346 e. The van der Waals surface area contributed by atoms with Crippen molar-refractivity contribution in [1.82, 2.24) is 4.90 Å². The lowest BCUT2D eigenvalue weighted by molar-refractivity contribution is 0.213. The van der Waals surface area contributed by atoms with Crippen molar-refractivity contribution in [1.29, 1.82) is 0 Å². The van der Waals surface area contributed by atoms with Gasteiger partial charge in [-0.15, -0.1) is 6.58 Å². The Bertz CT molecular complexity index is 539. The van der Waals surface area contributed by atoms with E-state index in [0.29, 0.717) is 12.1 Å². The van der Waals surface area contributed by atoms with Gasteiger partial charge in [0.15, 0.2) is 0 Å². The molecule has 0 saturated heterocycles. The van der Waals surface area contributed by atoms with Crippen molar-refractivity contribution in [3.63, 3.8) is 0 Å². The van der Waals surface area contributed by atoms with Crippen LogP contribution in [0.4, 0.5) is 9.18 Å². The van der Waals surface area contributed by atoms with Crippen LogP contribution in [0.3, 0.4) is 0 Å². The number of aliphatic imine (C=N–C) groups is 1. The molecule has 2 rings (SSSR count). The van der Waals surface area contributed by atoms with Crippen LogP contribution in [0, 0.1) is 12.7 Å². The first-order valence-corrected chi connectivity index (χ1v) is 5.56. The molecule has 1 aromatic carbocycles. The van der Waals surface area contributed by atoms with Gasteiger partial charge in [0.05, 0.1) is 0 Å². The van der Waals surface area contributed by atoms with Crippen LogP contribution in [0.25, 0.3) is 0 Å². The van der Waals surface area contributed by atoms with Gasteiger partial charge in [0.25, 0.3) is 0 Å². The van der Waals surface area contributed by atoms with Crippen molar-refractivity contribution in [3.8, 4) is 0 Å². The lowest BCUT2D eigenvalue weighted by Crippen LogP contribution is -2.33. The van der Waals surface area contributed by atoms with E-state index in [-0.39, 0.29) is 17.7 Å². The minimum absolute atomic E-state index is 0.229. The molecule has 0 aromatic heterocycles. The Balaban J connectivity index is 2.40. The number of nitrogens with zero attached hydrogens (tertiary/aromatic N) is 2. The quantitative estimate of drug-likeness (QED) is 0.832. The molecule has 0 radical (unpaired) electrons. The van der Waals surface area contributed by atoms with Crippen LogP contribution >= 0.6 is 0 Å². The van der Waals surface area contributed by atoms with E-state index in [1.807, 2.05) is 0 Å². The number of benzene rings is 1. The predicted molar refractivity (Wildman–Crippen MR) is 67.8 cm³/mol. The second kappa shape index (κ2) is 4.60. The highest BCUT2D eigenvalue weighted by Gasteiger charge is 2.33. The highest BCUT2D eigenvalue weighted by Crippen LogP contribution is 2.27. The zero-order chi connectivity index (χ0) is 13.3. The summed E-state index contributed by atoms with van der Waals surface area (Å²) < 4.78 is 13.2. The van der Waals surface area contributed by atoms with Gasteiger partial charge in [-0.05, 0) is 24.1 Å². The van der Waals surface area contributed by atoms with Gasteiger partial charge in [0, 0.05) is 6.54 Å². The summed E-state index contributed by atoms with van der Waals surface area (Å²) in [5.41, 5.74) is 7.03. The van der Waals surface area contributed by atoms with E-state index in [9.17, 15) is 9.18 Å². The van der Waals surface area contributed by atoms with Gasteiger partial charge in [-0.1, -0.05) is 18.2 Å². The number of aryl methyl sites for hydroxylation is 1. The van der Waals surface area contributed by atoms with Gasteiger partial charge in [0.1, 0.15) is 17.7 Å². The SMILES string of the molecule is C=CCN1C(=O)N=C(N)C1c1ccc(F)c(C)c1. The molecule has 5 heteroatoms. The summed E-state index contributed by atoms with van der Waals surface area (Å²) in [5.74, 6) is -0.0540. The molecule has 0 spiro atoms. The van der Waals surface area contributed by atoms with E-state index in [4.69, 9.17) is 5.73 Å². The Kier molecular flexibility index (Phi) is 3.14. The topological polar surface area (TPSA) is 58.7 Å². The Morgan fingerprint density at radius 3 is 2.94 bits per heavy atom. The van der Waals surface area contributed by atoms with E-state index in [2.05, 4.69) is 11.6 Å². The van der Waals surface area contributed by atoms with Crippen molar-refractivity contribution < 1.29 is 9.18 Å². The number of hydrogen-bond donors (Lipinski definition) is 1. The van der Waals surface area contributed by atoms with Crippen molar-refractivity contribution >= 4 is 11.9 Å². The number of carbonyl (C=O) groups excluding carboxylic acids is 1. The molecule has 0 aliphatic carbocycles. The van der Waals surface area contributed by atoms with Crippen molar-refractivity contribution in [2.45, 2.75) is 13.0 Å². The van der Waals surface area contributed by atoms with E-state index in [0.717, 1.165) is 5.56 Å². The summed E-state index contributed by atoms with van der Waals surface area (Å²) in [7, 11) is 0. The van der Waals surface area contributed by atoms with Crippen LogP contribution < -0.4 is 5.73 Å². The maximum absolute atomic E-state index is 13.2. The third kappa shape index (κ3) is 1.99. The lowest BCUT2D eigenvalue weighted by atomic mass is 10.0. The van der Waals surface area contributed by atoms with Gasteiger partial charge in [-0.3, -0.25) is 0 Å². The Hall–Kier alpha value is -2.17. The molecule has 4 nitrogen and oxygen atoms in total. The van der Waals surface area contributed by atoms with Gasteiger partial charge >= 0.3 is 6.03 Å². The second-order valence-corrected chi connectivity index (χ2v) is 4.17. The molecule has 0 saturated carbocycles. The van der Waals surface area contributed by atoms with Crippen molar-refractivity contribution in [2.75, 3.05) is 6.54 Å². The van der Waals surface area contributed by atoms with Crippen LogP contribution in [-0.4, -0.2) is 23.3 Å². The summed E-state index contributed by atoms with van der Waals surface area (Å²) >= 11 is 0. The first-order chi connectivity index (χ1) is 8.54. The zero-order valence-corrected chi connectivity index (χ0v) is 10.1. The Labute approximate surface area is 105 Å². The average molecular weight is 247 g/mol. The summed E-state index contributed by atoms with van der Waals surface area (Å²) in [4.78, 5) is 16.9. The maximum atomic E-state index is 13.2. The molecule has 1 aliphatic heterocycles. The molecule has 2 N–H and O–H groups in total. The first kappa shape index (κ1) is 12.3. The third-order valence-electron chi connectivity index (χ3n) is 2.89. The van der Waals surface area contributed by atoms with Gasteiger partial charge in [-0.2, -0.15) is 4.99 Å². The first-order valence-electron chi connectivity index (χ1n) is 5.56. The van der Waals surface area contributed by atoms with E-state index in [1.165, 1.54) is 11.0 Å². The number of urea groups is 1. The molecule has 1 aliphatic rings. The number of hydrogen-bond acceptors (Lipinski definition) is 2. The molecular formula is C13H14FN3O. The molecule has 18 heavy (non-hydrogen) atoms. The minimum Gasteiger partial charge on any atom is -0.385 e. The fourth-order valence-corrected chi connectivity index (χ4v) is 2.02. The fraction of sp³-hybridized carbons (Fsp3) is 0.231. The van der Waals surface area contributed by atoms with Crippen LogP contribution in [0.5, 0.6) is 0 Å². The molecule has 1 unspecified atom stereocenters. The number of amidine groups is 1. The van der Waals surface area contributed by atoms with Crippen LogP contribution in [0.1, 0.15) is 17.2 Å². The van der Waals surface area contributed by atoms with Crippen molar-refractivity contribution in [2.24, 2.45) is 10.7 Å². The van der Waals surface area contributed by atoms with Crippen LogP contribution in [0.2, 0.25) is 0 Å². The normalized spacial score (nSPS) is 19.0. The molecule has 1 heterocycles. The monoisotopic (exact) mass is 247 g/mol. The number of amides is 2. The number of rotatable bonds is 3. The minimum atomic E-state index is -0.435. The number of halogens is 1. The molecule has 2 amide bonds. The summed E-state index contributed by atoms with van der Waals surface area (Å²) in [6.07, 6.45) is 1.61. The van der Waals surface area contributed by atoms with E-state index in [1.54, 1.807) is 25.1 Å². The maximum Gasteiger partial charge on any atom is 0.346 e. The molecule has 0 bridgehead atoms. The van der Waals surface area contributed by atoms with E-state index < -0.39 is 6.04 Å². The zero-order valence-electron chi connectivity index (χ0n) is 10.1. The second-order valence-electron chi connectivity index (χ2n) is 4.17. The number of carbonyl (C=O) groups is 1. The van der Waals surface area contributed by atoms with Gasteiger partial charge < -0.3 is 10.6 Å². The summed E-state index contributed by atoms with van der Waals surface area (Å²) in [6.45, 7) is 5.62. The largest absolute Gasteiger partial charge is 0.385 e. The fourth-order valence-electron chi connectivity index (χ4n) is 2.02. The standard InChI is InChI=1S/C13H14FN3O/c1-3-6-17-11(12(15)16-13(17)18)9-4-5-10(14)8(2)7-9/h3-5,7,11H,1,6H2,2H3,(H2,15,16,18). The molecule has 1 aromatic rings. The Morgan fingerprint density at radius 1 is 1.61 bits per heavy atom.